The molecule has 3 aromatic rings. The fourth-order valence-electron chi connectivity index (χ4n) is 5.10. The van der Waals surface area contributed by atoms with E-state index in [1.54, 1.807) is 7.11 Å². The zero-order chi connectivity index (χ0) is 25.3. The number of aryl methyl sites for hydroxylation is 1. The predicted octanol–water partition coefficient (Wildman–Crippen LogP) is 4.68. The van der Waals surface area contributed by atoms with E-state index in [0.29, 0.717) is 18.3 Å². The molecule has 1 atom stereocenters. The number of ether oxygens (including phenoxy) is 2. The molecule has 1 aromatic heterocycles. The minimum absolute atomic E-state index is 0.00125. The van der Waals surface area contributed by atoms with Crippen molar-refractivity contribution in [3.05, 3.63) is 59.5 Å². The van der Waals surface area contributed by atoms with Gasteiger partial charge in [-0.15, -0.1) is 0 Å². The van der Waals surface area contributed by atoms with Crippen molar-refractivity contribution < 1.29 is 18.8 Å². The van der Waals surface area contributed by atoms with E-state index < -0.39 is 0 Å². The Bertz CT molecular complexity index is 1210. The lowest BCUT2D eigenvalue weighted by molar-refractivity contribution is -0.127. The van der Waals surface area contributed by atoms with Crippen LogP contribution in [0.15, 0.2) is 47.0 Å². The molecule has 8 heteroatoms. The van der Waals surface area contributed by atoms with Crippen molar-refractivity contribution >= 4 is 5.91 Å². The molecule has 2 aliphatic rings. The molecule has 0 spiro atoms. The number of hydrogen-bond donors (Lipinski definition) is 1. The molecule has 1 saturated heterocycles. The first kappa shape index (κ1) is 24.3. The molecule has 3 heterocycles. The largest absolute Gasteiger partial charge is 0.497 e. The number of likely N-dealkylation sites (tertiary alicyclic amines) is 1. The Balaban J connectivity index is 1.15. The highest BCUT2D eigenvalue weighted by atomic mass is 16.5. The van der Waals surface area contributed by atoms with Gasteiger partial charge in [-0.25, -0.2) is 0 Å². The number of methoxy groups -OCH3 is 1. The number of piperidine rings is 1. The van der Waals surface area contributed by atoms with Crippen LogP contribution in [0.5, 0.6) is 11.5 Å². The number of carbonyl (C=O) groups is 1. The van der Waals surface area contributed by atoms with Crippen LogP contribution in [-0.4, -0.2) is 46.7 Å². The normalized spacial score (nSPS) is 19.8. The third-order valence-electron chi connectivity index (χ3n) is 7.08. The summed E-state index contributed by atoms with van der Waals surface area (Å²) < 4.78 is 16.9. The van der Waals surface area contributed by atoms with Crippen molar-refractivity contribution in [3.63, 3.8) is 0 Å². The Labute approximate surface area is 212 Å². The number of nitrogens with zero attached hydrogens (tertiary/aromatic N) is 3. The fraction of sp³-hybridized carbons (Fsp3) is 0.464. The lowest BCUT2D eigenvalue weighted by Gasteiger charge is -2.39. The van der Waals surface area contributed by atoms with Crippen LogP contribution < -0.4 is 14.8 Å². The van der Waals surface area contributed by atoms with Crippen molar-refractivity contribution in [1.29, 1.82) is 0 Å². The van der Waals surface area contributed by atoms with Crippen LogP contribution in [0.1, 0.15) is 56.2 Å². The Morgan fingerprint density at radius 3 is 2.64 bits per heavy atom. The minimum Gasteiger partial charge on any atom is -0.497 e. The van der Waals surface area contributed by atoms with Gasteiger partial charge in [-0.05, 0) is 82.6 Å². The number of carbonyl (C=O) groups excluding carboxylic acids is 1. The van der Waals surface area contributed by atoms with Crippen LogP contribution in [0.2, 0.25) is 0 Å². The van der Waals surface area contributed by atoms with Crippen LogP contribution in [0, 0.1) is 12.8 Å². The minimum atomic E-state index is -0.323. The molecule has 2 aliphatic heterocycles. The highest BCUT2D eigenvalue weighted by molar-refractivity contribution is 5.79. The van der Waals surface area contributed by atoms with E-state index in [2.05, 4.69) is 59.3 Å². The quantitative estimate of drug-likeness (QED) is 0.536. The van der Waals surface area contributed by atoms with Gasteiger partial charge in [0.05, 0.1) is 19.7 Å². The second-order valence-corrected chi connectivity index (χ2v) is 10.5. The maximum Gasteiger partial charge on any atom is 0.241 e. The first-order valence-electron chi connectivity index (χ1n) is 12.6. The number of fused-ring (bicyclic) bond motifs is 1. The summed E-state index contributed by atoms with van der Waals surface area (Å²) in [5, 5.41) is 7.45. The third-order valence-corrected chi connectivity index (χ3v) is 7.08. The lowest BCUT2D eigenvalue weighted by atomic mass is 9.88. The SMILES string of the molecule is COc1ccc(-c2noc(CN3CCC(C(=O)NC4CC(C)(C)Oc5cc(C)ccc54)CC3)n2)cc1. The summed E-state index contributed by atoms with van der Waals surface area (Å²) in [5.41, 5.74) is 2.78. The average molecular weight is 491 g/mol. The topological polar surface area (TPSA) is 89.7 Å². The number of rotatable bonds is 6. The number of nitrogens with one attached hydrogen (secondary N) is 1. The van der Waals surface area contributed by atoms with Gasteiger partial charge in [-0.3, -0.25) is 9.69 Å². The summed E-state index contributed by atoms with van der Waals surface area (Å²) in [6, 6.07) is 13.8. The summed E-state index contributed by atoms with van der Waals surface area (Å²) in [5.74, 6) is 2.94. The van der Waals surface area contributed by atoms with Gasteiger partial charge < -0.3 is 19.3 Å². The lowest BCUT2D eigenvalue weighted by Crippen LogP contribution is -2.45. The second kappa shape index (κ2) is 9.93. The number of hydrogen-bond acceptors (Lipinski definition) is 7. The van der Waals surface area contributed by atoms with E-state index in [9.17, 15) is 4.79 Å². The standard InChI is InChI=1S/C28H34N4O4/c1-18-5-10-22-23(16-28(2,3)35-24(22)15-18)29-27(33)20-11-13-32(14-12-20)17-25-30-26(31-36-25)19-6-8-21(34-4)9-7-19/h5-10,15,20,23H,11-14,16-17H2,1-4H3,(H,29,33). The van der Waals surface area contributed by atoms with Crippen LogP contribution in [0.25, 0.3) is 11.4 Å². The maximum atomic E-state index is 13.2. The van der Waals surface area contributed by atoms with E-state index in [1.165, 1.54) is 0 Å². The van der Waals surface area contributed by atoms with Crippen molar-refractivity contribution in [2.45, 2.75) is 58.2 Å². The molecule has 1 N–H and O–H groups in total. The van der Waals surface area contributed by atoms with Crippen molar-refractivity contribution in [1.82, 2.24) is 20.4 Å². The van der Waals surface area contributed by atoms with E-state index in [4.69, 9.17) is 14.0 Å². The van der Waals surface area contributed by atoms with E-state index in [1.807, 2.05) is 24.3 Å². The van der Waals surface area contributed by atoms with E-state index in [0.717, 1.165) is 60.5 Å². The molecule has 190 valence electrons. The first-order valence-corrected chi connectivity index (χ1v) is 12.6. The molecule has 0 saturated carbocycles. The number of amides is 1. The Kier molecular flexibility index (Phi) is 6.71. The summed E-state index contributed by atoms with van der Waals surface area (Å²) in [4.78, 5) is 20.0. The fourth-order valence-corrected chi connectivity index (χ4v) is 5.10. The summed E-state index contributed by atoms with van der Waals surface area (Å²) in [6.07, 6.45) is 2.36. The van der Waals surface area contributed by atoms with Crippen molar-refractivity contribution in [2.75, 3.05) is 20.2 Å². The zero-order valence-electron chi connectivity index (χ0n) is 21.4. The summed E-state index contributed by atoms with van der Waals surface area (Å²) >= 11 is 0. The molecule has 1 amide bonds. The Morgan fingerprint density at radius 1 is 1.17 bits per heavy atom. The molecular formula is C28H34N4O4. The highest BCUT2D eigenvalue weighted by Crippen LogP contribution is 2.40. The van der Waals surface area contributed by atoms with Gasteiger partial charge in [0.25, 0.3) is 0 Å². The smallest absolute Gasteiger partial charge is 0.241 e. The molecule has 2 aromatic carbocycles. The maximum absolute atomic E-state index is 13.2. The molecule has 1 unspecified atom stereocenters. The molecule has 1 fully saturated rings. The van der Waals surface area contributed by atoms with Crippen LogP contribution in [0.4, 0.5) is 0 Å². The summed E-state index contributed by atoms with van der Waals surface area (Å²) in [7, 11) is 1.64. The number of aromatic nitrogens is 2. The van der Waals surface area contributed by atoms with Gasteiger partial charge in [0.2, 0.25) is 17.6 Å². The van der Waals surface area contributed by atoms with Crippen LogP contribution in [0.3, 0.4) is 0 Å². The Hall–Kier alpha value is -3.39. The monoisotopic (exact) mass is 490 g/mol. The van der Waals surface area contributed by atoms with Gasteiger partial charge in [0.15, 0.2) is 0 Å². The Morgan fingerprint density at radius 2 is 1.92 bits per heavy atom. The highest BCUT2D eigenvalue weighted by Gasteiger charge is 2.36. The van der Waals surface area contributed by atoms with Gasteiger partial charge in [0, 0.05) is 23.5 Å². The molecule has 8 nitrogen and oxygen atoms in total. The van der Waals surface area contributed by atoms with Gasteiger partial charge in [0.1, 0.15) is 17.1 Å². The molecule has 0 bridgehead atoms. The van der Waals surface area contributed by atoms with E-state index >= 15 is 0 Å². The van der Waals surface area contributed by atoms with Crippen molar-refractivity contribution in [2.24, 2.45) is 5.92 Å². The first-order chi connectivity index (χ1) is 17.3. The number of benzene rings is 2. The van der Waals surface area contributed by atoms with Gasteiger partial charge in [-0.1, -0.05) is 17.3 Å². The molecule has 5 rings (SSSR count). The average Bonchev–Trinajstić information content (AvgIpc) is 3.32. The van der Waals surface area contributed by atoms with Crippen molar-refractivity contribution in [3.8, 4) is 22.9 Å². The molecule has 0 radical (unpaired) electrons. The molecule has 36 heavy (non-hydrogen) atoms. The van der Waals surface area contributed by atoms with Crippen LogP contribution in [-0.2, 0) is 11.3 Å². The van der Waals surface area contributed by atoms with Gasteiger partial charge >= 0.3 is 0 Å². The van der Waals surface area contributed by atoms with Crippen LogP contribution >= 0.6 is 0 Å². The van der Waals surface area contributed by atoms with Gasteiger partial charge in [-0.2, -0.15) is 4.98 Å². The van der Waals surface area contributed by atoms with E-state index in [-0.39, 0.29) is 23.5 Å². The molecular weight excluding hydrogens is 456 g/mol. The summed E-state index contributed by atoms with van der Waals surface area (Å²) in [6.45, 7) is 8.42. The molecule has 0 aliphatic carbocycles. The second-order valence-electron chi connectivity index (χ2n) is 10.5. The third kappa shape index (κ3) is 5.38. The predicted molar refractivity (Wildman–Crippen MR) is 136 cm³/mol. The zero-order valence-corrected chi connectivity index (χ0v) is 21.4.